The Bertz CT molecular complexity index is 737. The van der Waals surface area contributed by atoms with Gasteiger partial charge in [0.1, 0.15) is 11.6 Å². The van der Waals surface area contributed by atoms with Gasteiger partial charge in [-0.3, -0.25) is 4.90 Å². The fourth-order valence-electron chi connectivity index (χ4n) is 3.58. The van der Waals surface area contributed by atoms with Gasteiger partial charge < -0.3 is 20.1 Å². The monoisotopic (exact) mass is 361 g/mol. The van der Waals surface area contributed by atoms with E-state index in [2.05, 4.69) is 0 Å². The summed E-state index contributed by atoms with van der Waals surface area (Å²) < 4.78 is 19.0. The molecule has 2 aromatic carbocycles. The highest BCUT2D eigenvalue weighted by molar-refractivity contribution is 5.32. The van der Waals surface area contributed by atoms with E-state index in [-0.39, 0.29) is 24.6 Å². The summed E-state index contributed by atoms with van der Waals surface area (Å²) in [7, 11) is 0. The Kier molecular flexibility index (Phi) is 5.58. The van der Waals surface area contributed by atoms with E-state index in [0.29, 0.717) is 18.7 Å². The normalized spacial score (nSPS) is 25.2. The number of hydrogen-bond acceptors (Lipinski definition) is 5. The maximum absolute atomic E-state index is 13.4. The van der Waals surface area contributed by atoms with Crippen LogP contribution in [0.15, 0.2) is 48.5 Å². The van der Waals surface area contributed by atoms with Crippen molar-refractivity contribution >= 4 is 0 Å². The maximum Gasteiger partial charge on any atom is 0.188 e. The third kappa shape index (κ3) is 4.04. The highest BCUT2D eigenvalue weighted by Gasteiger charge is 2.46. The molecule has 140 valence electrons. The second kappa shape index (κ2) is 7.72. The predicted molar refractivity (Wildman–Crippen MR) is 94.9 cm³/mol. The van der Waals surface area contributed by atoms with Crippen molar-refractivity contribution in [2.24, 2.45) is 0 Å². The van der Waals surface area contributed by atoms with Gasteiger partial charge in [0.15, 0.2) is 5.79 Å². The Morgan fingerprint density at radius 2 is 1.92 bits per heavy atom. The molecule has 3 unspecified atom stereocenters. The first-order chi connectivity index (χ1) is 12.4. The first-order valence-electron chi connectivity index (χ1n) is 8.70. The van der Waals surface area contributed by atoms with Crippen molar-refractivity contribution in [3.8, 4) is 5.75 Å². The molecule has 0 amide bonds. The minimum absolute atomic E-state index is 0.0202. The van der Waals surface area contributed by atoms with Crippen molar-refractivity contribution in [3.63, 3.8) is 0 Å². The molecule has 3 atom stereocenters. The highest BCUT2D eigenvalue weighted by atomic mass is 19.1. The molecule has 1 heterocycles. The lowest BCUT2D eigenvalue weighted by molar-refractivity contribution is -0.283. The summed E-state index contributed by atoms with van der Waals surface area (Å²) in [4.78, 5) is 1.98. The number of phenolic OH excluding ortho intramolecular Hbond substituents is 1. The third-order valence-electron chi connectivity index (χ3n) is 4.66. The molecule has 0 aromatic heterocycles. The zero-order chi connectivity index (χ0) is 18.7. The molecule has 1 fully saturated rings. The van der Waals surface area contributed by atoms with E-state index < -0.39 is 17.9 Å². The average molecular weight is 361 g/mol. The molecule has 3 rings (SSSR count). The lowest BCUT2D eigenvalue weighted by Gasteiger charge is -2.47. The van der Waals surface area contributed by atoms with Crippen LogP contribution in [0, 0.1) is 5.82 Å². The zero-order valence-corrected chi connectivity index (χ0v) is 14.7. The van der Waals surface area contributed by atoms with E-state index in [1.165, 1.54) is 12.1 Å². The number of aliphatic hydroxyl groups is 2. The van der Waals surface area contributed by atoms with Gasteiger partial charge in [0.05, 0.1) is 18.8 Å². The lowest BCUT2D eigenvalue weighted by atomic mass is 9.90. The number of para-hydroxylation sites is 1. The number of ether oxygens (including phenoxy) is 1. The highest BCUT2D eigenvalue weighted by Crippen LogP contribution is 2.40. The second-order valence-electron chi connectivity index (χ2n) is 6.80. The first-order valence-corrected chi connectivity index (χ1v) is 8.70. The molecule has 0 bridgehead atoms. The Labute approximate surface area is 152 Å². The second-order valence-corrected chi connectivity index (χ2v) is 6.80. The summed E-state index contributed by atoms with van der Waals surface area (Å²) in [5.41, 5.74) is 1.41. The van der Waals surface area contributed by atoms with Crippen molar-refractivity contribution in [1.29, 1.82) is 0 Å². The van der Waals surface area contributed by atoms with Crippen LogP contribution in [0.3, 0.4) is 0 Å². The van der Waals surface area contributed by atoms with Crippen molar-refractivity contribution in [3.05, 3.63) is 65.5 Å². The van der Waals surface area contributed by atoms with Crippen molar-refractivity contribution in [1.82, 2.24) is 4.90 Å². The molecule has 1 saturated heterocycles. The molecule has 0 spiro atoms. The van der Waals surface area contributed by atoms with E-state index in [4.69, 9.17) is 4.74 Å². The standard InChI is InChI=1S/C20H24FNO4/c1-14(23)12-20(25)19(15-6-8-17(21)9-7-15)22(10-11-26-20)13-16-4-2-3-5-18(16)24/h2-9,14,19,23-25H,10-13H2,1H3. The number of rotatable bonds is 5. The van der Waals surface area contributed by atoms with Crippen molar-refractivity contribution < 1.29 is 24.4 Å². The molecule has 0 radical (unpaired) electrons. The van der Waals surface area contributed by atoms with Gasteiger partial charge in [-0.15, -0.1) is 0 Å². The predicted octanol–water partition coefficient (Wildman–Crippen LogP) is 2.56. The van der Waals surface area contributed by atoms with E-state index >= 15 is 0 Å². The largest absolute Gasteiger partial charge is 0.508 e. The van der Waals surface area contributed by atoms with E-state index in [1.54, 1.807) is 31.2 Å². The fraction of sp³-hybridized carbons (Fsp3) is 0.400. The number of nitrogens with zero attached hydrogens (tertiary/aromatic N) is 1. The summed E-state index contributed by atoms with van der Waals surface area (Å²) in [6.07, 6.45) is -0.750. The molecule has 5 nitrogen and oxygen atoms in total. The molecule has 6 heteroatoms. The number of phenols is 1. The summed E-state index contributed by atoms with van der Waals surface area (Å²) >= 11 is 0. The van der Waals surface area contributed by atoms with Crippen LogP contribution in [-0.4, -0.2) is 45.3 Å². The van der Waals surface area contributed by atoms with Crippen LogP contribution >= 0.6 is 0 Å². The van der Waals surface area contributed by atoms with Crippen LogP contribution in [0.2, 0.25) is 0 Å². The van der Waals surface area contributed by atoms with Crippen LogP contribution in [0.5, 0.6) is 5.75 Å². The molecular weight excluding hydrogens is 337 g/mol. The SMILES string of the molecule is CC(O)CC1(O)OCCN(Cc2ccccc2O)C1c1ccc(F)cc1. The van der Waals surface area contributed by atoms with Crippen LogP contribution in [0.25, 0.3) is 0 Å². The topological polar surface area (TPSA) is 73.2 Å². The fourth-order valence-corrected chi connectivity index (χ4v) is 3.58. The smallest absolute Gasteiger partial charge is 0.188 e. The number of hydrogen-bond donors (Lipinski definition) is 3. The Hall–Kier alpha value is -1.99. The Balaban J connectivity index is 1.97. The van der Waals surface area contributed by atoms with Gasteiger partial charge in [-0.2, -0.15) is 0 Å². The number of morpholine rings is 1. The van der Waals surface area contributed by atoms with Gasteiger partial charge in [-0.25, -0.2) is 4.39 Å². The lowest BCUT2D eigenvalue weighted by Crippen LogP contribution is -2.55. The molecule has 0 saturated carbocycles. The summed E-state index contributed by atoms with van der Waals surface area (Å²) in [6.45, 7) is 2.79. The van der Waals surface area contributed by atoms with Crippen LogP contribution in [-0.2, 0) is 11.3 Å². The van der Waals surface area contributed by atoms with E-state index in [9.17, 15) is 19.7 Å². The minimum Gasteiger partial charge on any atom is -0.508 e. The molecular formula is C20H24FNO4. The van der Waals surface area contributed by atoms with Gasteiger partial charge >= 0.3 is 0 Å². The first kappa shape index (κ1) is 18.8. The van der Waals surface area contributed by atoms with Crippen LogP contribution < -0.4 is 0 Å². The van der Waals surface area contributed by atoms with Gasteiger partial charge in [0, 0.05) is 25.1 Å². The molecule has 0 aliphatic carbocycles. The van der Waals surface area contributed by atoms with Gasteiger partial charge in [-0.1, -0.05) is 30.3 Å². The molecule has 26 heavy (non-hydrogen) atoms. The summed E-state index contributed by atoms with van der Waals surface area (Å²) in [5, 5.41) is 31.1. The molecule has 1 aliphatic heterocycles. The molecule has 3 N–H and O–H groups in total. The Morgan fingerprint density at radius 3 is 2.58 bits per heavy atom. The van der Waals surface area contributed by atoms with Crippen LogP contribution in [0.1, 0.15) is 30.5 Å². The van der Waals surface area contributed by atoms with E-state index in [0.717, 1.165) is 5.56 Å². The van der Waals surface area contributed by atoms with Crippen molar-refractivity contribution in [2.45, 2.75) is 37.8 Å². The maximum atomic E-state index is 13.4. The number of halogens is 1. The van der Waals surface area contributed by atoms with Crippen LogP contribution in [0.4, 0.5) is 4.39 Å². The number of aromatic hydroxyl groups is 1. The zero-order valence-electron chi connectivity index (χ0n) is 14.7. The number of aliphatic hydroxyl groups excluding tert-OH is 1. The summed E-state index contributed by atoms with van der Waals surface area (Å²) in [6, 6.07) is 12.3. The number of benzene rings is 2. The van der Waals surface area contributed by atoms with Gasteiger partial charge in [-0.05, 0) is 30.7 Å². The quantitative estimate of drug-likeness (QED) is 0.763. The Morgan fingerprint density at radius 1 is 1.23 bits per heavy atom. The van der Waals surface area contributed by atoms with E-state index in [1.807, 2.05) is 17.0 Å². The summed E-state index contributed by atoms with van der Waals surface area (Å²) in [5.74, 6) is -1.80. The van der Waals surface area contributed by atoms with Crippen molar-refractivity contribution in [2.75, 3.05) is 13.2 Å². The molecule has 2 aromatic rings. The van der Waals surface area contributed by atoms with Gasteiger partial charge in [0.25, 0.3) is 0 Å². The minimum atomic E-state index is -1.62. The third-order valence-corrected chi connectivity index (χ3v) is 4.66. The average Bonchev–Trinajstić information content (AvgIpc) is 2.57. The molecule has 1 aliphatic rings. The van der Waals surface area contributed by atoms with Gasteiger partial charge in [0.2, 0.25) is 0 Å².